The molecule has 0 aliphatic heterocycles. The average molecular weight is 269 g/mol. The van der Waals surface area contributed by atoms with Gasteiger partial charge in [0.05, 0.1) is 6.61 Å². The number of aryl methyl sites for hydroxylation is 2. The fourth-order valence-corrected chi connectivity index (χ4v) is 2.04. The van der Waals surface area contributed by atoms with Crippen LogP contribution in [0, 0.1) is 13.8 Å². The summed E-state index contributed by atoms with van der Waals surface area (Å²) in [4.78, 5) is 12.1. The van der Waals surface area contributed by atoms with Crippen molar-refractivity contribution in [2.24, 2.45) is 0 Å². The van der Waals surface area contributed by atoms with Crippen LogP contribution in [-0.4, -0.2) is 11.0 Å². The fourth-order valence-electron chi connectivity index (χ4n) is 2.04. The molecule has 0 bridgehead atoms. The summed E-state index contributed by atoms with van der Waals surface area (Å²) < 4.78 is 0. The average Bonchev–Trinajstić information content (AvgIpc) is 2.47. The minimum absolute atomic E-state index is 0.0182. The van der Waals surface area contributed by atoms with E-state index in [1.165, 1.54) is 5.56 Å². The van der Waals surface area contributed by atoms with Crippen molar-refractivity contribution in [3.05, 3.63) is 70.3 Å². The summed E-state index contributed by atoms with van der Waals surface area (Å²) in [6.07, 6.45) is 0. The SMILES string of the molecule is Cc1ccc(C(=O)NCc2ccccc2CO)cc1C. The Kier molecular flexibility index (Phi) is 4.53. The van der Waals surface area contributed by atoms with Gasteiger partial charge in [0.2, 0.25) is 0 Å². The summed E-state index contributed by atoms with van der Waals surface area (Å²) in [6.45, 7) is 4.42. The Balaban J connectivity index is 2.06. The third-order valence-electron chi connectivity index (χ3n) is 3.50. The zero-order valence-electron chi connectivity index (χ0n) is 11.8. The van der Waals surface area contributed by atoms with Crippen LogP contribution in [0.25, 0.3) is 0 Å². The van der Waals surface area contributed by atoms with Gasteiger partial charge in [-0.15, -0.1) is 0 Å². The number of carbonyl (C=O) groups excluding carboxylic acids is 1. The zero-order chi connectivity index (χ0) is 14.5. The minimum Gasteiger partial charge on any atom is -0.392 e. The molecular formula is C17H19NO2. The molecule has 0 heterocycles. The minimum atomic E-state index is -0.0964. The lowest BCUT2D eigenvalue weighted by Gasteiger charge is -2.10. The number of aliphatic hydroxyl groups excluding tert-OH is 1. The number of benzene rings is 2. The van der Waals surface area contributed by atoms with Crippen LogP contribution in [0.1, 0.15) is 32.6 Å². The topological polar surface area (TPSA) is 49.3 Å². The van der Waals surface area contributed by atoms with Crippen molar-refractivity contribution in [1.82, 2.24) is 5.32 Å². The predicted octanol–water partition coefficient (Wildman–Crippen LogP) is 2.73. The molecule has 0 spiro atoms. The number of hydrogen-bond acceptors (Lipinski definition) is 2. The molecule has 20 heavy (non-hydrogen) atoms. The van der Waals surface area contributed by atoms with Crippen LogP contribution < -0.4 is 5.32 Å². The molecular weight excluding hydrogens is 250 g/mol. The van der Waals surface area contributed by atoms with E-state index in [4.69, 9.17) is 0 Å². The Morgan fingerprint density at radius 3 is 2.40 bits per heavy atom. The monoisotopic (exact) mass is 269 g/mol. The summed E-state index contributed by atoms with van der Waals surface area (Å²) in [7, 11) is 0. The molecule has 0 saturated carbocycles. The van der Waals surface area contributed by atoms with Gasteiger partial charge in [0.15, 0.2) is 0 Å². The van der Waals surface area contributed by atoms with E-state index >= 15 is 0 Å². The van der Waals surface area contributed by atoms with E-state index < -0.39 is 0 Å². The molecule has 2 aromatic rings. The number of aliphatic hydroxyl groups is 1. The summed E-state index contributed by atoms with van der Waals surface area (Å²) in [5, 5.41) is 12.1. The summed E-state index contributed by atoms with van der Waals surface area (Å²) in [6, 6.07) is 13.2. The van der Waals surface area contributed by atoms with Crippen molar-refractivity contribution in [3.63, 3.8) is 0 Å². The van der Waals surface area contributed by atoms with Gasteiger partial charge in [0.1, 0.15) is 0 Å². The normalized spacial score (nSPS) is 10.3. The van der Waals surface area contributed by atoms with Crippen LogP contribution >= 0.6 is 0 Å². The maximum atomic E-state index is 12.1. The van der Waals surface area contributed by atoms with Crippen LogP contribution in [0.5, 0.6) is 0 Å². The first-order valence-electron chi connectivity index (χ1n) is 6.65. The molecule has 2 N–H and O–H groups in total. The van der Waals surface area contributed by atoms with Crippen LogP contribution in [-0.2, 0) is 13.2 Å². The van der Waals surface area contributed by atoms with Gasteiger partial charge in [-0.05, 0) is 48.2 Å². The zero-order valence-corrected chi connectivity index (χ0v) is 11.8. The number of rotatable bonds is 4. The van der Waals surface area contributed by atoms with Gasteiger partial charge < -0.3 is 10.4 Å². The quantitative estimate of drug-likeness (QED) is 0.896. The van der Waals surface area contributed by atoms with Crippen LogP contribution in [0.15, 0.2) is 42.5 Å². The van der Waals surface area contributed by atoms with Gasteiger partial charge in [-0.1, -0.05) is 30.3 Å². The third-order valence-corrected chi connectivity index (χ3v) is 3.50. The van der Waals surface area contributed by atoms with Crippen molar-refractivity contribution in [2.75, 3.05) is 0 Å². The molecule has 0 atom stereocenters. The van der Waals surface area contributed by atoms with E-state index in [1.54, 1.807) is 0 Å². The molecule has 0 unspecified atom stereocenters. The molecule has 0 radical (unpaired) electrons. The molecule has 3 heteroatoms. The first kappa shape index (κ1) is 14.3. The summed E-state index contributed by atoms with van der Waals surface area (Å²) in [5.74, 6) is -0.0964. The lowest BCUT2D eigenvalue weighted by atomic mass is 10.1. The first-order valence-corrected chi connectivity index (χ1v) is 6.65. The highest BCUT2D eigenvalue weighted by atomic mass is 16.3. The molecule has 104 valence electrons. The Morgan fingerprint density at radius 1 is 1.05 bits per heavy atom. The first-order chi connectivity index (χ1) is 9.61. The van der Waals surface area contributed by atoms with Crippen molar-refractivity contribution in [2.45, 2.75) is 27.0 Å². The van der Waals surface area contributed by atoms with Gasteiger partial charge in [-0.25, -0.2) is 0 Å². The van der Waals surface area contributed by atoms with E-state index in [0.717, 1.165) is 16.7 Å². The lowest BCUT2D eigenvalue weighted by Crippen LogP contribution is -2.23. The highest BCUT2D eigenvalue weighted by Gasteiger charge is 2.07. The number of amides is 1. The van der Waals surface area contributed by atoms with E-state index in [-0.39, 0.29) is 12.5 Å². The van der Waals surface area contributed by atoms with E-state index in [0.29, 0.717) is 12.1 Å². The van der Waals surface area contributed by atoms with Gasteiger partial charge in [0.25, 0.3) is 5.91 Å². The van der Waals surface area contributed by atoms with Gasteiger partial charge in [-0.3, -0.25) is 4.79 Å². The van der Waals surface area contributed by atoms with E-state index in [2.05, 4.69) is 5.32 Å². The molecule has 2 aromatic carbocycles. The molecule has 1 amide bonds. The molecule has 0 saturated heterocycles. The van der Waals surface area contributed by atoms with Crippen LogP contribution in [0.4, 0.5) is 0 Å². The van der Waals surface area contributed by atoms with Crippen molar-refractivity contribution >= 4 is 5.91 Å². The highest BCUT2D eigenvalue weighted by molar-refractivity contribution is 5.94. The predicted molar refractivity (Wildman–Crippen MR) is 79.5 cm³/mol. The third kappa shape index (κ3) is 3.25. The number of carbonyl (C=O) groups is 1. The smallest absolute Gasteiger partial charge is 0.251 e. The Labute approximate surface area is 119 Å². The standard InChI is InChI=1S/C17H19NO2/c1-12-7-8-14(9-13(12)2)17(20)18-10-15-5-3-4-6-16(15)11-19/h3-9,19H,10-11H2,1-2H3,(H,18,20). The second-order valence-corrected chi connectivity index (χ2v) is 4.91. The molecule has 3 nitrogen and oxygen atoms in total. The summed E-state index contributed by atoms with van der Waals surface area (Å²) in [5.41, 5.74) is 4.72. The number of nitrogens with one attached hydrogen (secondary N) is 1. The molecule has 0 aromatic heterocycles. The second-order valence-electron chi connectivity index (χ2n) is 4.91. The van der Waals surface area contributed by atoms with Gasteiger partial charge >= 0.3 is 0 Å². The van der Waals surface area contributed by atoms with Gasteiger partial charge in [-0.2, -0.15) is 0 Å². The van der Waals surface area contributed by atoms with E-state index in [1.807, 2.05) is 56.3 Å². The fraction of sp³-hybridized carbons (Fsp3) is 0.235. The number of hydrogen-bond donors (Lipinski definition) is 2. The maximum Gasteiger partial charge on any atom is 0.251 e. The Bertz CT molecular complexity index is 620. The van der Waals surface area contributed by atoms with Crippen molar-refractivity contribution in [1.29, 1.82) is 0 Å². The van der Waals surface area contributed by atoms with Crippen molar-refractivity contribution in [3.8, 4) is 0 Å². The molecule has 0 aliphatic carbocycles. The highest BCUT2D eigenvalue weighted by Crippen LogP contribution is 2.11. The maximum absolute atomic E-state index is 12.1. The summed E-state index contributed by atoms with van der Waals surface area (Å²) >= 11 is 0. The second kappa shape index (κ2) is 6.35. The Hall–Kier alpha value is -2.13. The molecule has 0 fully saturated rings. The van der Waals surface area contributed by atoms with Crippen LogP contribution in [0.3, 0.4) is 0 Å². The Morgan fingerprint density at radius 2 is 1.75 bits per heavy atom. The largest absolute Gasteiger partial charge is 0.392 e. The molecule has 0 aliphatic rings. The lowest BCUT2D eigenvalue weighted by molar-refractivity contribution is 0.0950. The van der Waals surface area contributed by atoms with E-state index in [9.17, 15) is 9.90 Å². The van der Waals surface area contributed by atoms with Crippen LogP contribution in [0.2, 0.25) is 0 Å². The van der Waals surface area contributed by atoms with Gasteiger partial charge in [0, 0.05) is 12.1 Å². The van der Waals surface area contributed by atoms with Crippen molar-refractivity contribution < 1.29 is 9.90 Å². The molecule has 2 rings (SSSR count).